The van der Waals surface area contributed by atoms with Crippen LogP contribution in [0.3, 0.4) is 0 Å². The van der Waals surface area contributed by atoms with Crippen LogP contribution in [0.15, 0.2) is 48.5 Å². The summed E-state index contributed by atoms with van der Waals surface area (Å²) in [6.07, 6.45) is 4.27. The van der Waals surface area contributed by atoms with E-state index in [4.69, 9.17) is 17.2 Å². The van der Waals surface area contributed by atoms with Gasteiger partial charge in [-0.2, -0.15) is 0 Å². The topological polar surface area (TPSA) is 284 Å². The second-order valence-corrected chi connectivity index (χ2v) is 13.4. The monoisotopic (exact) mass is 754 g/mol. The van der Waals surface area contributed by atoms with E-state index < -0.39 is 73.0 Å². The van der Waals surface area contributed by atoms with Crippen molar-refractivity contribution in [3.05, 3.63) is 59.7 Å². The molecule has 0 spiro atoms. The first kappa shape index (κ1) is 45.8. The van der Waals surface area contributed by atoms with E-state index in [1.807, 2.05) is 24.3 Å². The highest BCUT2D eigenvalue weighted by atomic mass is 16.4. The Morgan fingerprint density at radius 1 is 0.667 bits per heavy atom. The summed E-state index contributed by atoms with van der Waals surface area (Å²) in [5.41, 5.74) is 20.2. The predicted molar refractivity (Wildman–Crippen MR) is 207 cm³/mol. The third-order valence-electron chi connectivity index (χ3n) is 8.85. The first-order chi connectivity index (χ1) is 25.7. The van der Waals surface area contributed by atoms with Gasteiger partial charge >= 0.3 is 7.12 Å². The molecule has 2 aromatic rings. The van der Waals surface area contributed by atoms with Gasteiger partial charge in [-0.25, -0.2) is 0 Å². The lowest BCUT2D eigenvalue weighted by Gasteiger charge is -2.27. The minimum absolute atomic E-state index is 0.143. The molecule has 0 unspecified atom stereocenters. The smallest absolute Gasteiger partial charge is 0.425 e. The molecular formula is C37H59BN8O8. The third-order valence-corrected chi connectivity index (χ3v) is 8.85. The van der Waals surface area contributed by atoms with Crippen LogP contribution in [-0.4, -0.2) is 101 Å². The molecule has 5 amide bonds. The fraction of sp³-hybridized carbons (Fsp3) is 0.541. The summed E-state index contributed by atoms with van der Waals surface area (Å²) in [7, 11) is -2.04. The highest BCUT2D eigenvalue weighted by molar-refractivity contribution is 6.43. The van der Waals surface area contributed by atoms with Crippen molar-refractivity contribution in [2.75, 3.05) is 13.1 Å². The van der Waals surface area contributed by atoms with Gasteiger partial charge in [0.05, 0.1) is 6.10 Å². The van der Waals surface area contributed by atoms with Crippen LogP contribution >= 0.6 is 0 Å². The van der Waals surface area contributed by atoms with Gasteiger partial charge in [0.2, 0.25) is 23.6 Å². The van der Waals surface area contributed by atoms with E-state index in [9.17, 15) is 39.1 Å². The molecule has 0 aliphatic rings. The molecule has 0 radical (unpaired) electrons. The Morgan fingerprint density at radius 2 is 1.19 bits per heavy atom. The summed E-state index contributed by atoms with van der Waals surface area (Å²) in [4.78, 5) is 65.9. The van der Waals surface area contributed by atoms with E-state index in [1.165, 1.54) is 19.4 Å². The molecule has 0 saturated heterocycles. The molecule has 0 aliphatic carbocycles. The molecule has 298 valence electrons. The van der Waals surface area contributed by atoms with Crippen LogP contribution in [0.5, 0.6) is 0 Å². The van der Waals surface area contributed by atoms with Gasteiger partial charge in [-0.1, -0.05) is 49.7 Å². The van der Waals surface area contributed by atoms with Gasteiger partial charge in [-0.05, 0) is 107 Å². The molecule has 0 aliphatic heterocycles. The number of aryl methyl sites for hydroxylation is 1. The van der Waals surface area contributed by atoms with E-state index >= 15 is 0 Å². The number of aliphatic hydroxyl groups is 1. The van der Waals surface area contributed by atoms with Crippen molar-refractivity contribution < 1.29 is 39.1 Å². The van der Waals surface area contributed by atoms with Crippen molar-refractivity contribution in [2.24, 2.45) is 17.2 Å². The van der Waals surface area contributed by atoms with Crippen molar-refractivity contribution in [2.45, 2.75) is 115 Å². The van der Waals surface area contributed by atoms with Crippen LogP contribution in [0.2, 0.25) is 0 Å². The minimum Gasteiger partial charge on any atom is -0.425 e. The van der Waals surface area contributed by atoms with Crippen LogP contribution in [0.4, 0.5) is 0 Å². The summed E-state index contributed by atoms with van der Waals surface area (Å²) in [5, 5.41) is 41.3. The lowest BCUT2D eigenvalue weighted by molar-refractivity contribution is -0.135. The van der Waals surface area contributed by atoms with Crippen molar-refractivity contribution in [1.82, 2.24) is 26.6 Å². The van der Waals surface area contributed by atoms with Crippen LogP contribution in [0.1, 0.15) is 88.1 Å². The zero-order valence-corrected chi connectivity index (χ0v) is 31.6. The average molecular weight is 755 g/mol. The van der Waals surface area contributed by atoms with Crippen LogP contribution in [-0.2, 0) is 25.6 Å². The van der Waals surface area contributed by atoms with Gasteiger partial charge in [0, 0.05) is 5.56 Å². The zero-order chi connectivity index (χ0) is 40.2. The maximum atomic E-state index is 13.5. The number of carbonyl (C=O) groups is 5. The number of nitrogens with two attached hydrogens (primary N) is 3. The fourth-order valence-corrected chi connectivity index (χ4v) is 5.49. The quantitative estimate of drug-likeness (QED) is 0.0363. The normalized spacial score (nSPS) is 14.4. The SMILES string of the molecule is CCCCc1ccc(-c2ccc(C(=O)N[C@@H](CCCCN)C(=O)N[C@H](C(=O)N[C@@H](C)C(=O)N[C@@H](CCCCN)C(=O)N[C@@H](N)B(O)O)[C@@H](C)O)cc2)cc1. The van der Waals surface area contributed by atoms with Crippen LogP contribution < -0.4 is 43.8 Å². The van der Waals surface area contributed by atoms with Gasteiger partial charge < -0.3 is 58.9 Å². The van der Waals surface area contributed by atoms with Crippen LogP contribution in [0.25, 0.3) is 11.1 Å². The molecular weight excluding hydrogens is 695 g/mol. The van der Waals surface area contributed by atoms with E-state index in [0.717, 1.165) is 30.4 Å². The highest BCUT2D eigenvalue weighted by Gasteiger charge is 2.33. The van der Waals surface area contributed by atoms with E-state index in [1.54, 1.807) is 12.1 Å². The molecule has 0 aromatic heterocycles. The summed E-state index contributed by atoms with van der Waals surface area (Å²) in [5.74, 6) is -3.67. The van der Waals surface area contributed by atoms with Gasteiger partial charge in [0.1, 0.15) is 30.2 Å². The minimum atomic E-state index is -2.04. The summed E-state index contributed by atoms with van der Waals surface area (Å²) in [6, 6.07) is 8.80. The molecule has 2 rings (SSSR count). The maximum Gasteiger partial charge on any atom is 0.490 e. The number of carbonyl (C=O) groups excluding carboxylic acids is 5. The van der Waals surface area contributed by atoms with Gasteiger partial charge in [0.25, 0.3) is 5.91 Å². The average Bonchev–Trinajstić information content (AvgIpc) is 3.15. The molecule has 0 heterocycles. The Morgan fingerprint density at radius 3 is 1.69 bits per heavy atom. The fourth-order valence-electron chi connectivity index (χ4n) is 5.49. The van der Waals surface area contributed by atoms with E-state index in [0.29, 0.717) is 44.3 Å². The van der Waals surface area contributed by atoms with Crippen molar-refractivity contribution in [3.8, 4) is 11.1 Å². The molecule has 16 nitrogen and oxygen atoms in total. The summed E-state index contributed by atoms with van der Waals surface area (Å²) in [6.45, 7) is 5.49. The number of nitrogens with one attached hydrogen (secondary N) is 5. The van der Waals surface area contributed by atoms with Gasteiger partial charge in [0.15, 0.2) is 0 Å². The molecule has 0 bridgehead atoms. The first-order valence-electron chi connectivity index (χ1n) is 18.6. The number of amides is 5. The summed E-state index contributed by atoms with van der Waals surface area (Å²) < 4.78 is 0. The van der Waals surface area contributed by atoms with Crippen LogP contribution in [0, 0.1) is 0 Å². The Hall–Kier alpha value is -4.39. The molecule has 2 aromatic carbocycles. The lowest BCUT2D eigenvalue weighted by atomic mass is 9.86. The largest absolute Gasteiger partial charge is 0.490 e. The molecule has 14 N–H and O–H groups in total. The molecule has 6 atom stereocenters. The Bertz CT molecular complexity index is 1480. The third kappa shape index (κ3) is 15.5. The molecule has 0 saturated carbocycles. The number of hydrogen-bond donors (Lipinski definition) is 11. The van der Waals surface area contributed by atoms with Gasteiger partial charge in [-0.3, -0.25) is 24.0 Å². The van der Waals surface area contributed by atoms with Crippen molar-refractivity contribution in [1.29, 1.82) is 0 Å². The molecule has 0 fully saturated rings. The number of hydrogen-bond acceptors (Lipinski definition) is 11. The van der Waals surface area contributed by atoms with Gasteiger partial charge in [-0.15, -0.1) is 0 Å². The maximum absolute atomic E-state index is 13.5. The highest BCUT2D eigenvalue weighted by Crippen LogP contribution is 2.21. The standard InChI is InChI=1S/C37H59BN8O8/c1-4-5-10-25-13-15-26(16-14-25)27-17-19-28(20-18-27)33(49)44-29(11-6-8-21-39)34(50)45-31(24(3)47)36(52)42-23(2)32(48)43-30(12-7-9-22-40)35(51)46-37(41)38(53)54/h13-20,23-24,29-31,37,47,53-54H,4-12,21-22,39-41H2,1-3H3,(H,42,52)(H,43,48)(H,44,49)(H,45,50)(H,46,51)/t23-,24+,29-,30-,31-,37+/m0/s1. The Balaban J connectivity index is 2.11. The summed E-state index contributed by atoms with van der Waals surface area (Å²) >= 11 is 0. The van der Waals surface area contributed by atoms with E-state index in [2.05, 4.69) is 45.6 Å². The number of aliphatic hydroxyl groups excluding tert-OH is 1. The number of unbranched alkanes of at least 4 members (excludes halogenated alkanes) is 3. The predicted octanol–water partition coefficient (Wildman–Crippen LogP) is -0.679. The zero-order valence-electron chi connectivity index (χ0n) is 31.6. The van der Waals surface area contributed by atoms with E-state index in [-0.39, 0.29) is 12.8 Å². The van der Waals surface area contributed by atoms with Crippen molar-refractivity contribution in [3.63, 3.8) is 0 Å². The second kappa shape index (κ2) is 24.1. The van der Waals surface area contributed by atoms with Crippen molar-refractivity contribution >= 4 is 36.7 Å². The second-order valence-electron chi connectivity index (χ2n) is 13.4. The lowest BCUT2D eigenvalue weighted by Crippen LogP contribution is -2.61. The molecule has 54 heavy (non-hydrogen) atoms. The number of benzene rings is 2. The number of rotatable bonds is 24. The Kier molecular flexibility index (Phi) is 20.4. The molecule has 17 heteroatoms. The Labute approximate surface area is 317 Å². The first-order valence-corrected chi connectivity index (χ1v) is 18.6.